The Hall–Kier alpha value is -2.34. The summed E-state index contributed by atoms with van der Waals surface area (Å²) in [6, 6.07) is 14.6. The summed E-state index contributed by atoms with van der Waals surface area (Å²) in [5.41, 5.74) is 0.692. The maximum absolute atomic E-state index is 12.7. The third kappa shape index (κ3) is 4.93. The van der Waals surface area contributed by atoms with E-state index in [1.165, 1.54) is 0 Å². The monoisotopic (exact) mass is 445 g/mol. The molecule has 0 spiro atoms. The first-order valence-corrected chi connectivity index (χ1v) is 10.2. The van der Waals surface area contributed by atoms with Crippen molar-refractivity contribution in [1.29, 1.82) is 0 Å². The van der Waals surface area contributed by atoms with Gasteiger partial charge in [0.15, 0.2) is 11.9 Å². The standard InChI is InChI=1S/C22H24BrNO4/c1-15(28-20-9-5-18(23)6-10-20)22(26)24-13-11-17(12-14-24)21(25)16-3-7-19(27-2)8-4-16/h3-10,15,17H,11-14H2,1-2H3. The number of Topliss-reactive ketones (excluding diaryl/α,β-unsaturated/α-hetero) is 1. The Morgan fingerprint density at radius 3 is 2.14 bits per heavy atom. The normalized spacial score (nSPS) is 15.8. The van der Waals surface area contributed by atoms with Crippen LogP contribution in [0.1, 0.15) is 30.1 Å². The molecule has 1 aliphatic rings. The zero-order valence-corrected chi connectivity index (χ0v) is 17.6. The Morgan fingerprint density at radius 1 is 1.00 bits per heavy atom. The Labute approximate surface area is 173 Å². The van der Waals surface area contributed by atoms with Crippen molar-refractivity contribution >= 4 is 27.6 Å². The molecule has 0 bridgehead atoms. The highest BCUT2D eigenvalue weighted by molar-refractivity contribution is 9.10. The minimum atomic E-state index is -0.560. The van der Waals surface area contributed by atoms with E-state index in [-0.39, 0.29) is 17.6 Å². The van der Waals surface area contributed by atoms with E-state index in [0.29, 0.717) is 37.2 Å². The fraction of sp³-hybridized carbons (Fsp3) is 0.364. The lowest BCUT2D eigenvalue weighted by Crippen LogP contribution is -2.45. The van der Waals surface area contributed by atoms with E-state index in [0.717, 1.165) is 10.2 Å². The van der Waals surface area contributed by atoms with Gasteiger partial charge in [-0.1, -0.05) is 15.9 Å². The molecule has 1 saturated heterocycles. The van der Waals surface area contributed by atoms with Crippen LogP contribution < -0.4 is 9.47 Å². The van der Waals surface area contributed by atoms with Gasteiger partial charge in [-0.15, -0.1) is 0 Å². The summed E-state index contributed by atoms with van der Waals surface area (Å²) in [7, 11) is 1.60. The number of carbonyl (C=O) groups excluding carboxylic acids is 2. The number of nitrogens with zero attached hydrogens (tertiary/aromatic N) is 1. The van der Waals surface area contributed by atoms with Gasteiger partial charge in [0.05, 0.1) is 7.11 Å². The minimum absolute atomic E-state index is 0.0433. The van der Waals surface area contributed by atoms with Crippen LogP contribution in [-0.2, 0) is 4.79 Å². The maximum atomic E-state index is 12.7. The highest BCUT2D eigenvalue weighted by Crippen LogP contribution is 2.24. The third-order valence-corrected chi connectivity index (χ3v) is 5.55. The van der Waals surface area contributed by atoms with Gasteiger partial charge in [-0.3, -0.25) is 9.59 Å². The second-order valence-electron chi connectivity index (χ2n) is 6.91. The number of ether oxygens (including phenoxy) is 2. The summed E-state index contributed by atoms with van der Waals surface area (Å²) in [6.45, 7) is 2.90. The van der Waals surface area contributed by atoms with E-state index < -0.39 is 6.10 Å². The SMILES string of the molecule is COc1ccc(C(=O)C2CCN(C(=O)C(C)Oc3ccc(Br)cc3)CC2)cc1. The summed E-state index contributed by atoms with van der Waals surface area (Å²) in [4.78, 5) is 27.2. The van der Waals surface area contributed by atoms with Crippen LogP contribution in [0.15, 0.2) is 53.0 Å². The van der Waals surface area contributed by atoms with E-state index in [4.69, 9.17) is 9.47 Å². The zero-order valence-electron chi connectivity index (χ0n) is 16.1. The van der Waals surface area contributed by atoms with Crippen molar-refractivity contribution in [1.82, 2.24) is 4.90 Å². The fourth-order valence-corrected chi connectivity index (χ4v) is 3.64. The molecular weight excluding hydrogens is 422 g/mol. The van der Waals surface area contributed by atoms with Gasteiger partial charge in [-0.25, -0.2) is 0 Å². The Bertz CT molecular complexity index is 811. The van der Waals surface area contributed by atoms with Gasteiger partial charge in [0.1, 0.15) is 11.5 Å². The van der Waals surface area contributed by atoms with Crippen LogP contribution in [0.4, 0.5) is 0 Å². The molecule has 1 amide bonds. The summed E-state index contributed by atoms with van der Waals surface area (Å²) in [5.74, 6) is 1.43. The number of hydrogen-bond acceptors (Lipinski definition) is 4. The molecule has 1 fully saturated rings. The molecule has 3 rings (SSSR count). The van der Waals surface area contributed by atoms with Crippen LogP contribution in [0.5, 0.6) is 11.5 Å². The van der Waals surface area contributed by atoms with Crippen molar-refractivity contribution < 1.29 is 19.1 Å². The molecule has 1 atom stereocenters. The number of halogens is 1. The van der Waals surface area contributed by atoms with Crippen molar-refractivity contribution in [3.8, 4) is 11.5 Å². The molecule has 0 saturated carbocycles. The molecule has 0 N–H and O–H groups in total. The average molecular weight is 446 g/mol. The van der Waals surface area contributed by atoms with E-state index in [1.807, 2.05) is 24.3 Å². The molecular formula is C22H24BrNO4. The van der Waals surface area contributed by atoms with Crippen molar-refractivity contribution in [2.75, 3.05) is 20.2 Å². The lowest BCUT2D eigenvalue weighted by Gasteiger charge is -2.33. The third-order valence-electron chi connectivity index (χ3n) is 5.03. The summed E-state index contributed by atoms with van der Waals surface area (Å²) in [6.07, 6.45) is 0.776. The van der Waals surface area contributed by atoms with E-state index >= 15 is 0 Å². The number of piperidine rings is 1. The van der Waals surface area contributed by atoms with Crippen molar-refractivity contribution in [3.05, 3.63) is 58.6 Å². The van der Waals surface area contributed by atoms with Crippen LogP contribution in [0, 0.1) is 5.92 Å². The van der Waals surface area contributed by atoms with Gasteiger partial charge in [0.2, 0.25) is 0 Å². The molecule has 148 valence electrons. The Morgan fingerprint density at radius 2 is 1.57 bits per heavy atom. The number of benzene rings is 2. The first-order chi connectivity index (χ1) is 13.5. The maximum Gasteiger partial charge on any atom is 0.263 e. The summed E-state index contributed by atoms with van der Waals surface area (Å²) in [5, 5.41) is 0. The lowest BCUT2D eigenvalue weighted by molar-refractivity contribution is -0.139. The minimum Gasteiger partial charge on any atom is -0.497 e. The first-order valence-electron chi connectivity index (χ1n) is 9.37. The highest BCUT2D eigenvalue weighted by atomic mass is 79.9. The fourth-order valence-electron chi connectivity index (χ4n) is 3.38. The lowest BCUT2D eigenvalue weighted by atomic mass is 9.88. The second-order valence-corrected chi connectivity index (χ2v) is 7.82. The molecule has 0 radical (unpaired) electrons. The van der Waals surface area contributed by atoms with Crippen LogP contribution >= 0.6 is 15.9 Å². The van der Waals surface area contributed by atoms with Gasteiger partial charge in [0.25, 0.3) is 5.91 Å². The molecule has 5 nitrogen and oxygen atoms in total. The quantitative estimate of drug-likeness (QED) is 0.620. The molecule has 1 heterocycles. The van der Waals surface area contributed by atoms with Crippen molar-refractivity contribution in [2.45, 2.75) is 25.9 Å². The van der Waals surface area contributed by atoms with Crippen molar-refractivity contribution in [2.24, 2.45) is 5.92 Å². The van der Waals surface area contributed by atoms with Gasteiger partial charge in [-0.2, -0.15) is 0 Å². The summed E-state index contributed by atoms with van der Waals surface area (Å²) >= 11 is 3.38. The van der Waals surface area contributed by atoms with E-state index in [2.05, 4.69) is 15.9 Å². The number of amides is 1. The number of methoxy groups -OCH3 is 1. The molecule has 6 heteroatoms. The molecule has 0 aliphatic carbocycles. The summed E-state index contributed by atoms with van der Waals surface area (Å²) < 4.78 is 11.9. The molecule has 28 heavy (non-hydrogen) atoms. The van der Waals surface area contributed by atoms with Gasteiger partial charge in [0, 0.05) is 29.0 Å². The van der Waals surface area contributed by atoms with Crippen LogP contribution in [0.2, 0.25) is 0 Å². The number of likely N-dealkylation sites (tertiary alicyclic amines) is 1. The van der Waals surface area contributed by atoms with E-state index in [1.54, 1.807) is 43.2 Å². The van der Waals surface area contributed by atoms with Crippen LogP contribution in [-0.4, -0.2) is 42.9 Å². The van der Waals surface area contributed by atoms with Crippen LogP contribution in [0.3, 0.4) is 0 Å². The molecule has 2 aromatic rings. The molecule has 1 unspecified atom stereocenters. The van der Waals surface area contributed by atoms with Gasteiger partial charge < -0.3 is 14.4 Å². The predicted molar refractivity (Wildman–Crippen MR) is 111 cm³/mol. The van der Waals surface area contributed by atoms with Gasteiger partial charge >= 0.3 is 0 Å². The van der Waals surface area contributed by atoms with Gasteiger partial charge in [-0.05, 0) is 68.3 Å². The Balaban J connectivity index is 1.52. The molecule has 1 aliphatic heterocycles. The molecule has 2 aromatic carbocycles. The number of rotatable bonds is 6. The molecule has 0 aromatic heterocycles. The predicted octanol–water partition coefficient (Wildman–Crippen LogP) is 4.35. The largest absolute Gasteiger partial charge is 0.497 e. The van der Waals surface area contributed by atoms with Crippen LogP contribution in [0.25, 0.3) is 0 Å². The number of hydrogen-bond donors (Lipinski definition) is 0. The van der Waals surface area contributed by atoms with Crippen molar-refractivity contribution in [3.63, 3.8) is 0 Å². The zero-order chi connectivity index (χ0) is 20.1. The smallest absolute Gasteiger partial charge is 0.263 e. The highest BCUT2D eigenvalue weighted by Gasteiger charge is 2.30. The Kier molecular flexibility index (Phi) is 6.73. The van der Waals surface area contributed by atoms with E-state index in [9.17, 15) is 9.59 Å². The second kappa shape index (κ2) is 9.24. The first kappa shape index (κ1) is 20.4. The topological polar surface area (TPSA) is 55.8 Å². The number of carbonyl (C=O) groups is 2. The average Bonchev–Trinajstić information content (AvgIpc) is 2.74. The number of ketones is 1.